The first-order valence-electron chi connectivity index (χ1n) is 10.8. The van der Waals surface area contributed by atoms with Gasteiger partial charge in [-0.2, -0.15) is 5.10 Å². The Bertz CT molecular complexity index is 1130. The number of anilines is 1. The van der Waals surface area contributed by atoms with Crippen LogP contribution < -0.4 is 20.7 Å². The highest BCUT2D eigenvalue weighted by Crippen LogP contribution is 2.22. The van der Waals surface area contributed by atoms with Crippen molar-refractivity contribution in [3.05, 3.63) is 70.1 Å². The van der Waals surface area contributed by atoms with Gasteiger partial charge in [0.2, 0.25) is 0 Å². The fourth-order valence-electron chi connectivity index (χ4n) is 3.44. The maximum absolute atomic E-state index is 12.0. The minimum atomic E-state index is -0.421. The van der Waals surface area contributed by atoms with Gasteiger partial charge in [0.15, 0.2) is 6.61 Å². The van der Waals surface area contributed by atoms with Crippen LogP contribution in [0.4, 0.5) is 5.69 Å². The Balaban J connectivity index is 1.52. The highest BCUT2D eigenvalue weighted by Gasteiger charge is 2.07. The maximum atomic E-state index is 12.0. The van der Waals surface area contributed by atoms with Crippen LogP contribution in [0.15, 0.2) is 62.8 Å². The lowest BCUT2D eigenvalue weighted by atomic mass is 10.1. The molecule has 1 N–H and O–H groups in total. The van der Waals surface area contributed by atoms with E-state index >= 15 is 0 Å². The third-order valence-electron chi connectivity index (χ3n) is 4.94. The van der Waals surface area contributed by atoms with Crippen LogP contribution in [-0.2, 0) is 4.79 Å². The number of ether oxygens (including phenoxy) is 1. The third-order valence-corrected chi connectivity index (χ3v) is 4.94. The Kier molecular flexibility index (Phi) is 8.02. The molecule has 3 aromatic rings. The first-order chi connectivity index (χ1) is 15.5. The van der Waals surface area contributed by atoms with Crippen molar-refractivity contribution >= 4 is 28.8 Å². The number of amides is 1. The second kappa shape index (κ2) is 11.1. The number of hydrogen-bond donors (Lipinski definition) is 1. The molecule has 0 spiro atoms. The predicted molar refractivity (Wildman–Crippen MR) is 128 cm³/mol. The van der Waals surface area contributed by atoms with Gasteiger partial charge in [-0.15, -0.1) is 0 Å². The van der Waals surface area contributed by atoms with Crippen molar-refractivity contribution in [3.63, 3.8) is 0 Å². The molecule has 1 aromatic heterocycles. The van der Waals surface area contributed by atoms with Gasteiger partial charge in [-0.1, -0.05) is 26.0 Å². The number of hydrogen-bond acceptors (Lipinski definition) is 6. The highest BCUT2D eigenvalue weighted by molar-refractivity contribution is 5.84. The third kappa shape index (κ3) is 6.20. The summed E-state index contributed by atoms with van der Waals surface area (Å²) < 4.78 is 10.7. The number of rotatable bonds is 10. The topological polar surface area (TPSA) is 84.1 Å². The number of carbonyl (C=O) groups is 1. The van der Waals surface area contributed by atoms with Gasteiger partial charge in [-0.3, -0.25) is 4.79 Å². The molecule has 3 rings (SSSR count). The molecule has 2 aromatic carbocycles. The van der Waals surface area contributed by atoms with E-state index in [2.05, 4.69) is 41.4 Å². The number of nitrogens with one attached hydrogen (secondary N) is 1. The first-order valence-corrected chi connectivity index (χ1v) is 10.8. The van der Waals surface area contributed by atoms with Crippen molar-refractivity contribution in [2.45, 2.75) is 33.6 Å². The molecule has 0 unspecified atom stereocenters. The monoisotopic (exact) mass is 435 g/mol. The molecule has 0 bridgehead atoms. The Morgan fingerprint density at radius 3 is 2.50 bits per heavy atom. The number of carbonyl (C=O) groups excluding carboxylic acids is 1. The fourth-order valence-corrected chi connectivity index (χ4v) is 3.44. The molecule has 32 heavy (non-hydrogen) atoms. The molecular weight excluding hydrogens is 406 g/mol. The van der Waals surface area contributed by atoms with E-state index < -0.39 is 5.63 Å². The van der Waals surface area contributed by atoms with Gasteiger partial charge >= 0.3 is 5.63 Å². The molecule has 1 amide bonds. The van der Waals surface area contributed by atoms with Gasteiger partial charge in [-0.05, 0) is 55.2 Å². The molecule has 0 aliphatic heterocycles. The van der Waals surface area contributed by atoms with Crippen LogP contribution in [-0.4, -0.2) is 31.8 Å². The van der Waals surface area contributed by atoms with E-state index in [1.807, 2.05) is 19.1 Å². The predicted octanol–water partition coefficient (Wildman–Crippen LogP) is 4.26. The summed E-state index contributed by atoms with van der Waals surface area (Å²) in [6.07, 6.45) is 3.80. The summed E-state index contributed by atoms with van der Waals surface area (Å²) in [5, 5.41) is 4.82. The fraction of sp³-hybridized carbons (Fsp3) is 0.320. The van der Waals surface area contributed by atoms with Crippen LogP contribution in [0, 0.1) is 6.92 Å². The van der Waals surface area contributed by atoms with Gasteiger partial charge in [0.05, 0.1) is 6.21 Å². The summed E-state index contributed by atoms with van der Waals surface area (Å²) in [6.45, 7) is 8.04. The van der Waals surface area contributed by atoms with Crippen molar-refractivity contribution in [1.29, 1.82) is 0 Å². The van der Waals surface area contributed by atoms with E-state index in [1.54, 1.807) is 24.4 Å². The molecule has 7 nitrogen and oxygen atoms in total. The summed E-state index contributed by atoms with van der Waals surface area (Å²) >= 11 is 0. The first kappa shape index (κ1) is 23.1. The van der Waals surface area contributed by atoms with Crippen molar-refractivity contribution in [3.8, 4) is 5.75 Å². The molecule has 0 saturated heterocycles. The van der Waals surface area contributed by atoms with Crippen LogP contribution in [0.25, 0.3) is 11.0 Å². The van der Waals surface area contributed by atoms with E-state index in [9.17, 15) is 9.59 Å². The van der Waals surface area contributed by atoms with Gasteiger partial charge in [0.1, 0.15) is 11.3 Å². The average Bonchev–Trinajstić information content (AvgIpc) is 2.77. The number of fused-ring (bicyclic) bond motifs is 1. The van der Waals surface area contributed by atoms with Crippen LogP contribution in [0.3, 0.4) is 0 Å². The highest BCUT2D eigenvalue weighted by atomic mass is 16.5. The summed E-state index contributed by atoms with van der Waals surface area (Å²) in [4.78, 5) is 25.9. The molecule has 0 fully saturated rings. The van der Waals surface area contributed by atoms with Crippen molar-refractivity contribution in [2.75, 3.05) is 24.6 Å². The molecule has 1 heterocycles. The minimum absolute atomic E-state index is 0.208. The number of aryl methyl sites for hydroxylation is 1. The quantitative estimate of drug-likeness (QED) is 0.292. The zero-order valence-electron chi connectivity index (χ0n) is 18.8. The molecule has 7 heteroatoms. The molecular formula is C25H29N3O4. The Morgan fingerprint density at radius 2 is 1.81 bits per heavy atom. The lowest BCUT2D eigenvalue weighted by Gasteiger charge is -2.23. The molecule has 168 valence electrons. The Morgan fingerprint density at radius 1 is 1.09 bits per heavy atom. The smallest absolute Gasteiger partial charge is 0.336 e. The van der Waals surface area contributed by atoms with Crippen LogP contribution in [0.1, 0.15) is 37.8 Å². The second-order valence-electron chi connectivity index (χ2n) is 7.57. The van der Waals surface area contributed by atoms with Crippen molar-refractivity contribution in [1.82, 2.24) is 5.43 Å². The van der Waals surface area contributed by atoms with Gasteiger partial charge in [-0.25, -0.2) is 10.2 Å². The standard InChI is InChI=1S/C25H29N3O4/c1-4-12-28(13-5-2)20-8-6-19(7-9-20)16-26-27-24(29)17-31-21-10-11-22-18(3)14-25(30)32-23(22)15-21/h6-11,14-16H,4-5,12-13,17H2,1-3H3,(H,27,29). The number of nitrogens with zero attached hydrogens (tertiary/aromatic N) is 2. The van der Waals surface area contributed by atoms with Crippen molar-refractivity contribution in [2.24, 2.45) is 5.10 Å². The zero-order valence-corrected chi connectivity index (χ0v) is 18.8. The SMILES string of the molecule is CCCN(CCC)c1ccc(C=NNC(=O)COc2ccc3c(C)cc(=O)oc3c2)cc1. The normalized spacial score (nSPS) is 11.1. The molecule has 0 aliphatic rings. The average molecular weight is 436 g/mol. The Hall–Kier alpha value is -3.61. The van der Waals surface area contributed by atoms with Crippen molar-refractivity contribution < 1.29 is 13.9 Å². The summed E-state index contributed by atoms with van der Waals surface area (Å²) in [7, 11) is 0. The van der Waals surface area contributed by atoms with Gasteiger partial charge < -0.3 is 14.1 Å². The largest absolute Gasteiger partial charge is 0.484 e. The summed E-state index contributed by atoms with van der Waals surface area (Å²) in [5.74, 6) is 0.0467. The second-order valence-corrected chi connectivity index (χ2v) is 7.57. The molecule has 0 saturated carbocycles. The molecule has 0 atom stereocenters. The van der Waals surface area contributed by atoms with E-state index in [4.69, 9.17) is 9.15 Å². The number of benzene rings is 2. The lowest BCUT2D eigenvalue weighted by Crippen LogP contribution is -2.25. The van der Waals surface area contributed by atoms with Crippen LogP contribution in [0.2, 0.25) is 0 Å². The molecule has 0 radical (unpaired) electrons. The minimum Gasteiger partial charge on any atom is -0.484 e. The van der Waals surface area contributed by atoms with Crippen LogP contribution >= 0.6 is 0 Å². The Labute approximate surface area is 187 Å². The van der Waals surface area contributed by atoms with E-state index in [1.165, 1.54) is 11.8 Å². The maximum Gasteiger partial charge on any atom is 0.336 e. The van der Waals surface area contributed by atoms with E-state index in [0.717, 1.165) is 42.4 Å². The van der Waals surface area contributed by atoms with E-state index in [0.29, 0.717) is 11.3 Å². The zero-order chi connectivity index (χ0) is 22.9. The summed E-state index contributed by atoms with van der Waals surface area (Å²) in [5.41, 5.74) is 5.36. The number of hydrazone groups is 1. The lowest BCUT2D eigenvalue weighted by molar-refractivity contribution is -0.123. The van der Waals surface area contributed by atoms with Crippen LogP contribution in [0.5, 0.6) is 5.75 Å². The molecule has 0 aliphatic carbocycles. The van der Waals surface area contributed by atoms with E-state index in [-0.39, 0.29) is 12.5 Å². The van der Waals surface area contributed by atoms with Gasteiger partial charge in [0, 0.05) is 36.3 Å². The van der Waals surface area contributed by atoms with Gasteiger partial charge in [0.25, 0.3) is 5.91 Å². The summed E-state index contributed by atoms with van der Waals surface area (Å²) in [6, 6.07) is 14.7.